The number of carbonyl (C=O) groups is 9. The van der Waals surface area contributed by atoms with Crippen LogP contribution in [0.1, 0.15) is 92.1 Å². The van der Waals surface area contributed by atoms with Crippen molar-refractivity contribution in [3.8, 4) is 0 Å². The first-order valence-electron chi connectivity index (χ1n) is 21.4. The van der Waals surface area contributed by atoms with Crippen LogP contribution in [0.3, 0.4) is 0 Å². The van der Waals surface area contributed by atoms with E-state index in [-0.39, 0.29) is 25.2 Å². The van der Waals surface area contributed by atoms with E-state index in [1.54, 1.807) is 71.9 Å². The molecule has 0 unspecified atom stereocenters. The van der Waals surface area contributed by atoms with Crippen molar-refractivity contribution in [2.45, 2.75) is 135 Å². The Morgan fingerprint density at radius 2 is 1.17 bits per heavy atom. The molecule has 8 amide bonds. The van der Waals surface area contributed by atoms with Gasteiger partial charge in [-0.05, 0) is 55.5 Å². The van der Waals surface area contributed by atoms with Crippen molar-refractivity contribution >= 4 is 53.2 Å². The number of benzene rings is 1. The van der Waals surface area contributed by atoms with E-state index >= 15 is 0 Å². The number of primary amides is 1. The molecule has 0 fully saturated rings. The van der Waals surface area contributed by atoms with Gasteiger partial charge in [-0.1, -0.05) is 84.7 Å². The fourth-order valence-electron chi connectivity index (χ4n) is 6.26. The minimum absolute atomic E-state index is 0.0543. The van der Waals surface area contributed by atoms with Crippen molar-refractivity contribution < 1.29 is 53.4 Å². The molecule has 0 aliphatic heterocycles. The topological polar surface area (TPSA) is 356 Å². The highest BCUT2D eigenvalue weighted by molar-refractivity contribution is 5.98. The zero-order valence-electron chi connectivity index (χ0n) is 37.2. The lowest BCUT2D eigenvalue weighted by Gasteiger charge is -2.30. The van der Waals surface area contributed by atoms with Crippen LogP contribution in [0.5, 0.6) is 0 Å². The van der Waals surface area contributed by atoms with Gasteiger partial charge in [-0.25, -0.2) is 4.79 Å². The molecule has 354 valence electrons. The summed E-state index contributed by atoms with van der Waals surface area (Å²) >= 11 is 0. The largest absolute Gasteiger partial charge is 0.480 e. The third kappa shape index (κ3) is 20.4. The smallest absolute Gasteiger partial charge is 0.326 e. The maximum Gasteiger partial charge on any atom is 0.326 e. The molecule has 0 aliphatic carbocycles. The summed E-state index contributed by atoms with van der Waals surface area (Å²) < 4.78 is 0. The SMILES string of the molecule is CC[C@H](C)[C@H](NC(=O)[C@@H](NC(=O)[C@@H](N)CO)[C@@H](C)CC)C(=O)N[C@@H](CC(N)=O)C(=O)N[C@@H](Cc1ccccc1)C(=O)NCC(=O)N[C@@H](CCCCN)C(=O)N[C@@H](CC(C)C)C(=O)O. The summed E-state index contributed by atoms with van der Waals surface area (Å²) in [5, 5.41) is 36.6. The van der Waals surface area contributed by atoms with Gasteiger partial charge in [0.05, 0.1) is 19.6 Å². The van der Waals surface area contributed by atoms with Gasteiger partial charge in [-0.2, -0.15) is 0 Å². The molecular weight excluding hydrogens is 821 g/mol. The predicted molar refractivity (Wildman–Crippen MR) is 233 cm³/mol. The quantitative estimate of drug-likeness (QED) is 0.0366. The van der Waals surface area contributed by atoms with Crippen molar-refractivity contribution in [1.82, 2.24) is 37.2 Å². The van der Waals surface area contributed by atoms with E-state index in [1.807, 2.05) is 0 Å². The van der Waals surface area contributed by atoms with Crippen molar-refractivity contribution in [3.05, 3.63) is 35.9 Å². The fourth-order valence-corrected chi connectivity index (χ4v) is 6.26. The summed E-state index contributed by atoms with van der Waals surface area (Å²) in [6.45, 7) is 9.49. The highest BCUT2D eigenvalue weighted by Crippen LogP contribution is 2.14. The molecule has 21 heteroatoms. The molecule has 1 aromatic carbocycles. The van der Waals surface area contributed by atoms with Crippen LogP contribution in [-0.4, -0.2) is 125 Å². The van der Waals surface area contributed by atoms with Gasteiger partial charge in [0.1, 0.15) is 42.3 Å². The van der Waals surface area contributed by atoms with E-state index in [4.69, 9.17) is 17.2 Å². The predicted octanol–water partition coefficient (Wildman–Crippen LogP) is -2.20. The Morgan fingerprint density at radius 3 is 1.68 bits per heavy atom. The maximum absolute atomic E-state index is 13.9. The minimum atomic E-state index is -1.64. The Bertz CT molecular complexity index is 1680. The first-order chi connectivity index (χ1) is 29.7. The van der Waals surface area contributed by atoms with Gasteiger partial charge in [-0.15, -0.1) is 0 Å². The molecule has 0 saturated carbocycles. The van der Waals surface area contributed by atoms with Crippen molar-refractivity contribution in [2.24, 2.45) is 35.0 Å². The number of carbonyl (C=O) groups excluding carboxylic acids is 8. The van der Waals surface area contributed by atoms with Gasteiger partial charge in [0.2, 0.25) is 47.3 Å². The van der Waals surface area contributed by atoms with E-state index in [0.717, 1.165) is 0 Å². The molecule has 0 aliphatic rings. The lowest BCUT2D eigenvalue weighted by atomic mass is 9.94. The fraction of sp³-hybridized carbons (Fsp3) is 0.643. The summed E-state index contributed by atoms with van der Waals surface area (Å²) in [5.41, 5.74) is 17.3. The van der Waals surface area contributed by atoms with E-state index in [0.29, 0.717) is 37.8 Å². The summed E-state index contributed by atoms with van der Waals surface area (Å²) in [7, 11) is 0. The second kappa shape index (κ2) is 28.8. The second-order valence-electron chi connectivity index (χ2n) is 16.2. The molecule has 0 radical (unpaired) electrons. The van der Waals surface area contributed by atoms with Crippen molar-refractivity contribution in [2.75, 3.05) is 19.7 Å². The molecule has 0 heterocycles. The number of nitrogens with two attached hydrogens (primary N) is 3. The molecule has 0 spiro atoms. The van der Waals surface area contributed by atoms with Crippen LogP contribution >= 0.6 is 0 Å². The molecule has 0 bridgehead atoms. The van der Waals surface area contributed by atoms with Gasteiger partial charge < -0.3 is 64.6 Å². The summed E-state index contributed by atoms with van der Waals surface area (Å²) in [4.78, 5) is 118. The number of hydrogen-bond donors (Lipinski definition) is 12. The van der Waals surface area contributed by atoms with Gasteiger partial charge in [0.15, 0.2) is 0 Å². The van der Waals surface area contributed by atoms with E-state index in [1.165, 1.54) is 0 Å². The number of hydrogen-bond acceptors (Lipinski definition) is 12. The normalized spacial score (nSPS) is 15.4. The van der Waals surface area contributed by atoms with Crippen LogP contribution in [0.4, 0.5) is 0 Å². The Balaban J connectivity index is 3.33. The average molecular weight is 891 g/mol. The zero-order valence-corrected chi connectivity index (χ0v) is 37.2. The Kier molecular flexibility index (Phi) is 25.3. The third-order valence-corrected chi connectivity index (χ3v) is 10.4. The van der Waals surface area contributed by atoms with Crippen LogP contribution in [0.2, 0.25) is 0 Å². The Hall–Kier alpha value is -5.67. The monoisotopic (exact) mass is 891 g/mol. The number of amides is 8. The lowest BCUT2D eigenvalue weighted by Crippen LogP contribution is -2.61. The number of nitrogens with one attached hydrogen (secondary N) is 7. The van der Waals surface area contributed by atoms with Crippen LogP contribution in [0.25, 0.3) is 0 Å². The van der Waals surface area contributed by atoms with Crippen LogP contribution in [0, 0.1) is 17.8 Å². The molecule has 1 aromatic rings. The molecular formula is C42H70N10O11. The minimum Gasteiger partial charge on any atom is -0.480 e. The molecule has 21 nitrogen and oxygen atoms in total. The number of unbranched alkanes of at least 4 members (excludes halogenated alkanes) is 1. The van der Waals surface area contributed by atoms with Crippen molar-refractivity contribution in [1.29, 1.82) is 0 Å². The average Bonchev–Trinajstić information content (AvgIpc) is 3.24. The number of aliphatic hydroxyl groups excluding tert-OH is 1. The standard InChI is InChI=1S/C42H70N10O11/c1-7-24(5)34(52-41(61)35(25(6)8-2)51-36(56)27(44)22-53)40(60)49-30(20-32(45)54)39(59)48-29(19-26-14-10-9-11-15-26)37(57)46-21-33(55)47-28(16-12-13-17-43)38(58)50-31(42(62)63)18-23(3)4/h9-11,14-15,23-25,27-31,34-35,53H,7-8,12-13,16-22,43-44H2,1-6H3,(H2,45,54)(H,46,57)(H,47,55)(H,48,59)(H,49,60)(H,50,58)(H,51,56)(H,52,61)(H,62,63)/t24-,25-,27-,28-,29-,30-,31-,34-,35-/m0/s1. The van der Waals surface area contributed by atoms with E-state index in [9.17, 15) is 53.4 Å². The van der Waals surface area contributed by atoms with Gasteiger partial charge >= 0.3 is 5.97 Å². The highest BCUT2D eigenvalue weighted by atomic mass is 16.4. The van der Waals surface area contributed by atoms with E-state index < -0.39 is 127 Å². The number of aliphatic hydroxyl groups is 1. The molecule has 1 rings (SSSR count). The summed E-state index contributed by atoms with van der Waals surface area (Å²) in [5.74, 6) is -8.98. The van der Waals surface area contributed by atoms with Gasteiger partial charge in [-0.3, -0.25) is 38.4 Å². The highest BCUT2D eigenvalue weighted by Gasteiger charge is 2.36. The lowest BCUT2D eigenvalue weighted by molar-refractivity contribution is -0.142. The second-order valence-corrected chi connectivity index (χ2v) is 16.2. The zero-order chi connectivity index (χ0) is 47.8. The third-order valence-electron chi connectivity index (χ3n) is 10.4. The molecule has 9 atom stereocenters. The van der Waals surface area contributed by atoms with Crippen LogP contribution in [-0.2, 0) is 49.6 Å². The number of carboxylic acid groups (broad SMARTS) is 1. The number of carboxylic acids is 1. The molecule has 0 saturated heterocycles. The summed E-state index contributed by atoms with van der Waals surface area (Å²) in [6, 6.07) is -0.613. The molecule has 0 aromatic heterocycles. The molecule has 63 heavy (non-hydrogen) atoms. The van der Waals surface area contributed by atoms with Gasteiger partial charge in [0, 0.05) is 6.42 Å². The maximum atomic E-state index is 13.9. The molecule has 15 N–H and O–H groups in total. The van der Waals surface area contributed by atoms with Crippen molar-refractivity contribution in [3.63, 3.8) is 0 Å². The van der Waals surface area contributed by atoms with Crippen LogP contribution in [0.15, 0.2) is 30.3 Å². The first kappa shape index (κ1) is 55.3. The van der Waals surface area contributed by atoms with Gasteiger partial charge in [0.25, 0.3) is 0 Å². The summed E-state index contributed by atoms with van der Waals surface area (Å²) in [6.07, 6.45) is 1.23. The number of aliphatic carboxylic acids is 1. The number of rotatable bonds is 30. The van der Waals surface area contributed by atoms with E-state index in [2.05, 4.69) is 37.2 Å². The van der Waals surface area contributed by atoms with Crippen LogP contribution < -0.4 is 54.4 Å². The Morgan fingerprint density at radius 1 is 0.651 bits per heavy atom. The first-order valence-corrected chi connectivity index (χ1v) is 21.4. The Labute approximate surface area is 368 Å².